The quantitative estimate of drug-likeness (QED) is 0.772. The monoisotopic (exact) mass is 335 g/mol. The van der Waals surface area contributed by atoms with E-state index in [4.69, 9.17) is 0 Å². The normalized spacial score (nSPS) is 10.9. The molecule has 0 atom stereocenters. The molecule has 0 saturated heterocycles. The van der Waals surface area contributed by atoms with E-state index >= 15 is 0 Å². The van der Waals surface area contributed by atoms with Gasteiger partial charge in [-0.3, -0.25) is 0 Å². The lowest BCUT2D eigenvalue weighted by Gasteiger charge is -2.11. The second-order valence-corrected chi connectivity index (χ2v) is 5.78. The SMILES string of the molecule is CCCNCc1ccc(-n2ccnc2CCC)c(Br)c1. The molecule has 3 nitrogen and oxygen atoms in total. The van der Waals surface area contributed by atoms with E-state index in [-0.39, 0.29) is 0 Å². The third kappa shape index (κ3) is 3.70. The second-order valence-electron chi connectivity index (χ2n) is 4.93. The Morgan fingerprint density at radius 1 is 1.25 bits per heavy atom. The third-order valence-corrected chi connectivity index (χ3v) is 3.85. The van der Waals surface area contributed by atoms with E-state index < -0.39 is 0 Å². The first-order valence-corrected chi connectivity index (χ1v) is 8.07. The number of nitrogens with zero attached hydrogens (tertiary/aromatic N) is 2. The summed E-state index contributed by atoms with van der Waals surface area (Å²) in [6.45, 7) is 6.33. The molecule has 0 aliphatic carbocycles. The molecule has 0 aliphatic heterocycles. The minimum absolute atomic E-state index is 0.915. The summed E-state index contributed by atoms with van der Waals surface area (Å²) < 4.78 is 3.28. The summed E-state index contributed by atoms with van der Waals surface area (Å²) in [6, 6.07) is 6.53. The lowest BCUT2D eigenvalue weighted by Crippen LogP contribution is -2.13. The van der Waals surface area contributed by atoms with Gasteiger partial charge in [0.1, 0.15) is 5.82 Å². The molecule has 0 aliphatic rings. The topological polar surface area (TPSA) is 29.9 Å². The van der Waals surface area contributed by atoms with Gasteiger partial charge in [-0.15, -0.1) is 0 Å². The van der Waals surface area contributed by atoms with E-state index in [0.717, 1.165) is 48.3 Å². The van der Waals surface area contributed by atoms with Gasteiger partial charge in [-0.2, -0.15) is 0 Å². The molecule has 0 amide bonds. The van der Waals surface area contributed by atoms with Crippen molar-refractivity contribution in [2.24, 2.45) is 0 Å². The Morgan fingerprint density at radius 3 is 2.80 bits per heavy atom. The molecule has 2 rings (SSSR count). The molecule has 1 N–H and O–H groups in total. The number of nitrogens with one attached hydrogen (secondary N) is 1. The van der Waals surface area contributed by atoms with Crippen LogP contribution in [0.15, 0.2) is 35.1 Å². The Labute approximate surface area is 129 Å². The van der Waals surface area contributed by atoms with Crippen molar-refractivity contribution in [1.82, 2.24) is 14.9 Å². The van der Waals surface area contributed by atoms with Crippen LogP contribution in [-0.4, -0.2) is 16.1 Å². The summed E-state index contributed by atoms with van der Waals surface area (Å²) in [4.78, 5) is 4.44. The summed E-state index contributed by atoms with van der Waals surface area (Å²) in [5, 5.41) is 3.42. The third-order valence-electron chi connectivity index (χ3n) is 3.22. The zero-order valence-electron chi connectivity index (χ0n) is 12.2. The first kappa shape index (κ1) is 15.3. The zero-order valence-corrected chi connectivity index (χ0v) is 13.8. The van der Waals surface area contributed by atoms with Crippen LogP contribution in [0.1, 0.15) is 38.1 Å². The van der Waals surface area contributed by atoms with Gasteiger partial charge in [-0.25, -0.2) is 4.98 Å². The van der Waals surface area contributed by atoms with E-state index in [2.05, 4.69) is 62.8 Å². The van der Waals surface area contributed by atoms with Crippen LogP contribution in [0.5, 0.6) is 0 Å². The summed E-state index contributed by atoms with van der Waals surface area (Å²) in [7, 11) is 0. The maximum atomic E-state index is 4.44. The van der Waals surface area contributed by atoms with Gasteiger partial charge >= 0.3 is 0 Å². The average Bonchev–Trinajstić information content (AvgIpc) is 2.88. The summed E-state index contributed by atoms with van der Waals surface area (Å²) in [5.74, 6) is 1.12. The van der Waals surface area contributed by atoms with Crippen LogP contribution >= 0.6 is 15.9 Å². The molecule has 1 aromatic heterocycles. The van der Waals surface area contributed by atoms with Crippen molar-refractivity contribution in [2.45, 2.75) is 39.7 Å². The highest BCUT2D eigenvalue weighted by molar-refractivity contribution is 9.10. The van der Waals surface area contributed by atoms with Crippen LogP contribution < -0.4 is 5.32 Å². The molecule has 108 valence electrons. The van der Waals surface area contributed by atoms with Crippen LogP contribution in [0, 0.1) is 0 Å². The van der Waals surface area contributed by atoms with E-state index in [1.165, 1.54) is 5.56 Å². The standard InChI is InChI=1S/C16H22BrN3/c1-3-5-16-19-9-10-20(16)15-7-6-13(11-14(15)17)12-18-8-4-2/h6-7,9-11,18H,3-5,8,12H2,1-2H3. The fraction of sp³-hybridized carbons (Fsp3) is 0.438. The molecule has 0 spiro atoms. The highest BCUT2D eigenvalue weighted by atomic mass is 79.9. The number of hydrogen-bond acceptors (Lipinski definition) is 2. The number of imidazole rings is 1. The highest BCUT2D eigenvalue weighted by Gasteiger charge is 2.08. The molecular formula is C16H22BrN3. The van der Waals surface area contributed by atoms with Gasteiger partial charge in [-0.05, 0) is 53.0 Å². The summed E-state index contributed by atoms with van der Waals surface area (Å²) in [5.41, 5.74) is 2.46. The van der Waals surface area contributed by atoms with Crippen molar-refractivity contribution in [1.29, 1.82) is 0 Å². The summed E-state index contributed by atoms with van der Waals surface area (Å²) >= 11 is 3.69. The van der Waals surface area contributed by atoms with Gasteiger partial charge in [0.25, 0.3) is 0 Å². The van der Waals surface area contributed by atoms with Crippen molar-refractivity contribution >= 4 is 15.9 Å². The second kappa shape index (κ2) is 7.60. The van der Waals surface area contributed by atoms with Gasteiger partial charge in [-0.1, -0.05) is 19.9 Å². The molecule has 0 fully saturated rings. The number of hydrogen-bond donors (Lipinski definition) is 1. The van der Waals surface area contributed by atoms with Gasteiger partial charge in [0.05, 0.1) is 5.69 Å². The Bertz CT molecular complexity index is 548. The van der Waals surface area contributed by atoms with E-state index in [0.29, 0.717) is 0 Å². The Morgan fingerprint density at radius 2 is 2.10 bits per heavy atom. The van der Waals surface area contributed by atoms with Crippen LogP contribution in [0.25, 0.3) is 5.69 Å². The maximum absolute atomic E-state index is 4.44. The minimum atomic E-state index is 0.915. The smallest absolute Gasteiger partial charge is 0.113 e. The van der Waals surface area contributed by atoms with Crippen LogP contribution in [0.2, 0.25) is 0 Å². The van der Waals surface area contributed by atoms with E-state index in [1.807, 2.05) is 12.4 Å². The number of aromatic nitrogens is 2. The Kier molecular flexibility index (Phi) is 5.80. The summed E-state index contributed by atoms with van der Waals surface area (Å²) in [6.07, 6.45) is 7.16. The number of aryl methyl sites for hydroxylation is 1. The van der Waals surface area contributed by atoms with Crippen molar-refractivity contribution in [3.05, 3.63) is 46.5 Å². The minimum Gasteiger partial charge on any atom is -0.313 e. The van der Waals surface area contributed by atoms with Crippen LogP contribution in [0.4, 0.5) is 0 Å². The lowest BCUT2D eigenvalue weighted by atomic mass is 10.2. The molecule has 1 aromatic carbocycles. The van der Waals surface area contributed by atoms with Gasteiger partial charge in [0, 0.05) is 29.8 Å². The Balaban J connectivity index is 2.18. The molecule has 0 unspecified atom stereocenters. The predicted octanol–water partition coefficient (Wildman–Crippen LogP) is 4.09. The zero-order chi connectivity index (χ0) is 14.4. The van der Waals surface area contributed by atoms with Gasteiger partial charge in [0.15, 0.2) is 0 Å². The number of benzene rings is 1. The van der Waals surface area contributed by atoms with Crippen molar-refractivity contribution in [2.75, 3.05) is 6.54 Å². The fourth-order valence-electron chi connectivity index (χ4n) is 2.23. The van der Waals surface area contributed by atoms with Gasteiger partial charge < -0.3 is 9.88 Å². The number of rotatable bonds is 7. The maximum Gasteiger partial charge on any atom is 0.113 e. The molecular weight excluding hydrogens is 314 g/mol. The predicted molar refractivity (Wildman–Crippen MR) is 87.3 cm³/mol. The Hall–Kier alpha value is -1.13. The lowest BCUT2D eigenvalue weighted by molar-refractivity contribution is 0.675. The molecule has 4 heteroatoms. The number of halogens is 1. The van der Waals surface area contributed by atoms with Crippen molar-refractivity contribution in [3.8, 4) is 5.69 Å². The van der Waals surface area contributed by atoms with E-state index in [9.17, 15) is 0 Å². The van der Waals surface area contributed by atoms with Gasteiger partial charge in [0.2, 0.25) is 0 Å². The largest absolute Gasteiger partial charge is 0.313 e. The van der Waals surface area contributed by atoms with Crippen molar-refractivity contribution in [3.63, 3.8) is 0 Å². The van der Waals surface area contributed by atoms with E-state index in [1.54, 1.807) is 0 Å². The molecule has 0 saturated carbocycles. The first-order valence-electron chi connectivity index (χ1n) is 7.28. The first-order chi connectivity index (χ1) is 9.76. The highest BCUT2D eigenvalue weighted by Crippen LogP contribution is 2.24. The van der Waals surface area contributed by atoms with Crippen LogP contribution in [-0.2, 0) is 13.0 Å². The molecule has 0 bridgehead atoms. The molecule has 20 heavy (non-hydrogen) atoms. The molecule has 1 heterocycles. The average molecular weight is 336 g/mol. The van der Waals surface area contributed by atoms with Crippen LogP contribution in [0.3, 0.4) is 0 Å². The van der Waals surface area contributed by atoms with Crippen molar-refractivity contribution < 1.29 is 0 Å². The fourth-order valence-corrected chi connectivity index (χ4v) is 2.84. The molecule has 0 radical (unpaired) electrons. The molecule has 2 aromatic rings.